The molecule has 0 aromatic carbocycles. The summed E-state index contributed by atoms with van der Waals surface area (Å²) in [5.74, 6) is 0.723. The molecular weight excluding hydrogens is 328 g/mol. The fourth-order valence-electron chi connectivity index (χ4n) is 3.63. The van der Waals surface area contributed by atoms with E-state index < -0.39 is 5.92 Å². The van der Waals surface area contributed by atoms with Crippen LogP contribution in [0.25, 0.3) is 0 Å². The smallest absolute Gasteiger partial charge is 0.205 e. The van der Waals surface area contributed by atoms with Crippen molar-refractivity contribution in [3.63, 3.8) is 0 Å². The minimum Gasteiger partial charge on any atom is -0.444 e. The van der Waals surface area contributed by atoms with Gasteiger partial charge in [-0.25, -0.2) is 0 Å². The lowest BCUT2D eigenvalue weighted by Crippen LogP contribution is -2.33. The predicted octanol–water partition coefficient (Wildman–Crippen LogP) is 3.38. The minimum atomic E-state index is -0.535. The maximum atomic E-state index is 12.9. The maximum Gasteiger partial charge on any atom is 0.205 e. The van der Waals surface area contributed by atoms with Gasteiger partial charge in [-0.2, -0.15) is 10.4 Å². The second-order valence-corrected chi connectivity index (χ2v) is 8.39. The van der Waals surface area contributed by atoms with Crippen molar-refractivity contribution in [2.75, 3.05) is 0 Å². The van der Waals surface area contributed by atoms with E-state index in [1.165, 1.54) is 0 Å². The summed E-state index contributed by atoms with van der Waals surface area (Å²) in [6.07, 6.45) is 3.96. The second-order valence-electron chi connectivity index (χ2n) is 8.39. The first kappa shape index (κ1) is 18.2. The standard InChI is InChI=1S/C20H26N4O2/c1-12(2)5-7-24-8-6-14(23-24)17-13(11-21)19(22)26-16-10-20(3,4)9-15(25)18(16)17/h6,8,12,17H,5,7,9-10,22H2,1-4H3/t17-/m1/s1. The number of nitrogens with two attached hydrogens (primary N) is 1. The molecule has 138 valence electrons. The van der Waals surface area contributed by atoms with E-state index in [1.54, 1.807) is 0 Å². The number of aryl methyl sites for hydroxylation is 1. The van der Waals surface area contributed by atoms with Gasteiger partial charge in [0.05, 0.1) is 11.6 Å². The molecule has 6 heteroatoms. The Kier molecular flexibility index (Phi) is 4.66. The summed E-state index contributed by atoms with van der Waals surface area (Å²) in [5, 5.41) is 14.3. The number of carbonyl (C=O) groups excluding carboxylic acids is 1. The fourth-order valence-corrected chi connectivity index (χ4v) is 3.63. The highest BCUT2D eigenvalue weighted by atomic mass is 16.5. The summed E-state index contributed by atoms with van der Waals surface area (Å²) in [6, 6.07) is 4.00. The van der Waals surface area contributed by atoms with Gasteiger partial charge in [0.25, 0.3) is 0 Å². The molecule has 26 heavy (non-hydrogen) atoms. The van der Waals surface area contributed by atoms with Crippen LogP contribution in [0, 0.1) is 22.7 Å². The number of carbonyl (C=O) groups is 1. The molecule has 1 aliphatic carbocycles. The van der Waals surface area contributed by atoms with E-state index in [2.05, 4.69) is 25.0 Å². The summed E-state index contributed by atoms with van der Waals surface area (Å²) < 4.78 is 7.56. The fraction of sp³-hybridized carbons (Fsp3) is 0.550. The zero-order valence-electron chi connectivity index (χ0n) is 15.9. The molecule has 0 saturated heterocycles. The number of ether oxygens (including phenoxy) is 1. The average molecular weight is 354 g/mol. The number of hydrogen-bond acceptors (Lipinski definition) is 5. The number of allylic oxidation sites excluding steroid dienone is 3. The molecule has 2 heterocycles. The highest BCUT2D eigenvalue weighted by Crippen LogP contribution is 2.47. The number of ketones is 1. The Morgan fingerprint density at radius 2 is 2.19 bits per heavy atom. The Hall–Kier alpha value is -2.55. The van der Waals surface area contributed by atoms with Crippen LogP contribution in [0.15, 0.2) is 35.1 Å². The van der Waals surface area contributed by atoms with Crippen LogP contribution in [0.5, 0.6) is 0 Å². The van der Waals surface area contributed by atoms with Crippen LogP contribution in [-0.2, 0) is 16.1 Å². The summed E-state index contributed by atoms with van der Waals surface area (Å²) in [4.78, 5) is 12.9. The number of aromatic nitrogens is 2. The number of nitriles is 1. The highest BCUT2D eigenvalue weighted by molar-refractivity contribution is 5.99. The van der Waals surface area contributed by atoms with Gasteiger partial charge in [0, 0.05) is 31.2 Å². The number of hydrogen-bond donors (Lipinski definition) is 1. The van der Waals surface area contributed by atoms with E-state index in [0.717, 1.165) is 13.0 Å². The van der Waals surface area contributed by atoms with Crippen molar-refractivity contribution in [2.45, 2.75) is 59.4 Å². The predicted molar refractivity (Wildman–Crippen MR) is 97.4 cm³/mol. The van der Waals surface area contributed by atoms with E-state index >= 15 is 0 Å². The first-order valence-corrected chi connectivity index (χ1v) is 9.09. The molecule has 1 aliphatic heterocycles. The minimum absolute atomic E-state index is 0.0123. The Morgan fingerprint density at radius 3 is 2.85 bits per heavy atom. The Balaban J connectivity index is 2.01. The van der Waals surface area contributed by atoms with E-state index in [0.29, 0.717) is 35.8 Å². The monoisotopic (exact) mass is 354 g/mol. The third-order valence-corrected chi connectivity index (χ3v) is 4.97. The van der Waals surface area contributed by atoms with Gasteiger partial charge < -0.3 is 10.5 Å². The molecule has 0 bridgehead atoms. The normalized spacial score (nSPS) is 22.3. The Morgan fingerprint density at radius 1 is 1.46 bits per heavy atom. The Bertz CT molecular complexity index is 836. The van der Waals surface area contributed by atoms with E-state index in [4.69, 9.17) is 10.5 Å². The topological polar surface area (TPSA) is 93.9 Å². The Labute approximate surface area is 154 Å². The van der Waals surface area contributed by atoms with Crippen LogP contribution >= 0.6 is 0 Å². The van der Waals surface area contributed by atoms with Crippen molar-refractivity contribution in [1.29, 1.82) is 5.26 Å². The first-order valence-electron chi connectivity index (χ1n) is 9.09. The lowest BCUT2D eigenvalue weighted by molar-refractivity contribution is -0.119. The molecule has 0 spiro atoms. The molecule has 6 nitrogen and oxygen atoms in total. The van der Waals surface area contributed by atoms with Gasteiger partial charge in [-0.15, -0.1) is 0 Å². The van der Waals surface area contributed by atoms with Gasteiger partial charge in [-0.1, -0.05) is 27.7 Å². The van der Waals surface area contributed by atoms with Crippen molar-refractivity contribution in [1.82, 2.24) is 9.78 Å². The zero-order valence-corrected chi connectivity index (χ0v) is 15.9. The maximum absolute atomic E-state index is 12.9. The van der Waals surface area contributed by atoms with Crippen molar-refractivity contribution in [2.24, 2.45) is 17.1 Å². The van der Waals surface area contributed by atoms with Crippen LogP contribution in [0.3, 0.4) is 0 Å². The van der Waals surface area contributed by atoms with Gasteiger partial charge >= 0.3 is 0 Å². The summed E-state index contributed by atoms with van der Waals surface area (Å²) in [5.41, 5.74) is 7.33. The molecule has 0 fully saturated rings. The van der Waals surface area contributed by atoms with Crippen LogP contribution in [-0.4, -0.2) is 15.6 Å². The van der Waals surface area contributed by atoms with E-state index in [-0.39, 0.29) is 22.7 Å². The summed E-state index contributed by atoms with van der Waals surface area (Å²) in [7, 11) is 0. The van der Waals surface area contributed by atoms with Gasteiger partial charge in [0.2, 0.25) is 5.88 Å². The number of Topliss-reactive ketones (excluding diaryl/α,β-unsaturated/α-hetero) is 1. The third kappa shape index (κ3) is 3.39. The molecule has 3 rings (SSSR count). The average Bonchev–Trinajstić information content (AvgIpc) is 2.99. The van der Waals surface area contributed by atoms with Crippen molar-refractivity contribution >= 4 is 5.78 Å². The SMILES string of the molecule is CC(C)CCn1ccc([C@H]2C(C#N)=C(N)OC3=C2C(=O)CC(C)(C)C3)n1. The number of nitrogens with zero attached hydrogens (tertiary/aromatic N) is 3. The molecule has 1 aromatic rings. The molecule has 2 N–H and O–H groups in total. The molecule has 0 saturated carbocycles. The molecular formula is C20H26N4O2. The molecule has 1 aromatic heterocycles. The van der Waals surface area contributed by atoms with Crippen LogP contribution in [0.1, 0.15) is 58.6 Å². The third-order valence-electron chi connectivity index (χ3n) is 4.97. The lowest BCUT2D eigenvalue weighted by Gasteiger charge is -2.36. The summed E-state index contributed by atoms with van der Waals surface area (Å²) in [6.45, 7) is 9.20. The van der Waals surface area contributed by atoms with Gasteiger partial charge in [-0.05, 0) is 23.8 Å². The van der Waals surface area contributed by atoms with Gasteiger partial charge in [0.15, 0.2) is 5.78 Å². The van der Waals surface area contributed by atoms with Crippen LogP contribution in [0.4, 0.5) is 0 Å². The van der Waals surface area contributed by atoms with E-state index in [1.807, 2.05) is 30.8 Å². The van der Waals surface area contributed by atoms with Crippen molar-refractivity contribution in [3.05, 3.63) is 40.7 Å². The lowest BCUT2D eigenvalue weighted by atomic mass is 9.71. The molecule has 1 atom stereocenters. The van der Waals surface area contributed by atoms with Crippen molar-refractivity contribution in [3.8, 4) is 6.07 Å². The zero-order chi connectivity index (χ0) is 19.1. The molecule has 2 aliphatic rings. The molecule has 0 unspecified atom stereocenters. The van der Waals surface area contributed by atoms with Gasteiger partial charge in [0.1, 0.15) is 17.4 Å². The molecule has 0 radical (unpaired) electrons. The van der Waals surface area contributed by atoms with Crippen molar-refractivity contribution < 1.29 is 9.53 Å². The second kappa shape index (κ2) is 6.64. The van der Waals surface area contributed by atoms with E-state index in [9.17, 15) is 10.1 Å². The highest BCUT2D eigenvalue weighted by Gasteiger charge is 2.43. The first-order chi connectivity index (χ1) is 12.2. The van der Waals surface area contributed by atoms with Crippen LogP contribution < -0.4 is 5.73 Å². The molecule has 0 amide bonds. The quantitative estimate of drug-likeness (QED) is 0.894. The number of rotatable bonds is 4. The van der Waals surface area contributed by atoms with Crippen LogP contribution in [0.2, 0.25) is 0 Å². The van der Waals surface area contributed by atoms with Gasteiger partial charge in [-0.3, -0.25) is 9.48 Å². The summed E-state index contributed by atoms with van der Waals surface area (Å²) >= 11 is 0. The largest absolute Gasteiger partial charge is 0.444 e.